The Morgan fingerprint density at radius 2 is 1.62 bits per heavy atom. The van der Waals surface area contributed by atoms with Gasteiger partial charge in [0.25, 0.3) is 11.8 Å². The number of aryl methyl sites for hydroxylation is 1. The Balaban J connectivity index is 1.66. The molecule has 0 radical (unpaired) electrons. The minimum atomic E-state index is -0.829. The quantitative estimate of drug-likeness (QED) is 0.740. The molecule has 1 unspecified atom stereocenters. The number of anilines is 1. The van der Waals surface area contributed by atoms with E-state index < -0.39 is 17.8 Å². The van der Waals surface area contributed by atoms with Crippen molar-refractivity contribution in [3.63, 3.8) is 0 Å². The lowest BCUT2D eigenvalue weighted by Crippen LogP contribution is -2.50. The number of rotatable bonds is 4. The molecule has 0 aromatic heterocycles. The topological polar surface area (TPSA) is 57.7 Å². The molecule has 0 spiro atoms. The van der Waals surface area contributed by atoms with Crippen LogP contribution in [0.15, 0.2) is 48.5 Å². The van der Waals surface area contributed by atoms with Crippen molar-refractivity contribution in [2.24, 2.45) is 0 Å². The van der Waals surface area contributed by atoms with Crippen molar-refractivity contribution in [3.05, 3.63) is 65.5 Å². The highest BCUT2D eigenvalue weighted by molar-refractivity contribution is 6.23. The summed E-state index contributed by atoms with van der Waals surface area (Å²) < 4.78 is 13.3. The normalized spacial score (nSPS) is 19.8. The summed E-state index contributed by atoms with van der Waals surface area (Å²) in [6.07, 6.45) is 3.60. The van der Waals surface area contributed by atoms with E-state index in [1.54, 1.807) is 17.0 Å². The molecular formula is C23H23FN2O3. The first-order valence-electron chi connectivity index (χ1n) is 9.97. The minimum absolute atomic E-state index is 0.0513. The first-order chi connectivity index (χ1) is 14.0. The first-order valence-corrected chi connectivity index (χ1v) is 9.97. The van der Waals surface area contributed by atoms with Crippen LogP contribution >= 0.6 is 0 Å². The fourth-order valence-electron chi connectivity index (χ4n) is 4.28. The third kappa shape index (κ3) is 3.67. The molecule has 6 heteroatoms. The molecule has 3 amide bonds. The fraction of sp³-hybridized carbons (Fsp3) is 0.348. The van der Waals surface area contributed by atoms with Gasteiger partial charge in [-0.25, -0.2) is 9.29 Å². The molecule has 4 rings (SSSR count). The first kappa shape index (κ1) is 19.3. The van der Waals surface area contributed by atoms with Crippen molar-refractivity contribution in [1.82, 2.24) is 4.90 Å². The van der Waals surface area contributed by atoms with Crippen LogP contribution in [0.5, 0.6) is 0 Å². The van der Waals surface area contributed by atoms with Gasteiger partial charge in [0.05, 0.1) is 12.1 Å². The largest absolute Gasteiger partial charge is 0.323 e. The molecule has 29 heavy (non-hydrogen) atoms. The van der Waals surface area contributed by atoms with E-state index in [-0.39, 0.29) is 24.3 Å². The molecule has 1 aliphatic carbocycles. The van der Waals surface area contributed by atoms with Gasteiger partial charge in [-0.1, -0.05) is 30.5 Å². The van der Waals surface area contributed by atoms with E-state index in [2.05, 4.69) is 0 Å². The van der Waals surface area contributed by atoms with Crippen LogP contribution < -0.4 is 4.90 Å². The lowest BCUT2D eigenvalue weighted by molar-refractivity contribution is -0.123. The Morgan fingerprint density at radius 1 is 1.00 bits per heavy atom. The lowest BCUT2D eigenvalue weighted by atomic mass is 10.0. The third-order valence-corrected chi connectivity index (χ3v) is 5.79. The molecular weight excluding hydrogens is 371 g/mol. The summed E-state index contributed by atoms with van der Waals surface area (Å²) in [4.78, 5) is 42.0. The molecule has 150 valence electrons. The van der Waals surface area contributed by atoms with Gasteiger partial charge in [0, 0.05) is 11.6 Å². The standard InChI is InChI=1S/C23H23FN2O3/c1-15-6-8-16(9-7-15)22(28)25(18-4-2-3-5-18)20-14-21(27)26(23(20)29)19-12-10-17(24)11-13-19/h6-13,18,20H,2-5,14H2,1H3. The molecule has 0 N–H and O–H groups in total. The molecule has 1 aliphatic heterocycles. The fourth-order valence-corrected chi connectivity index (χ4v) is 4.28. The highest BCUT2D eigenvalue weighted by Crippen LogP contribution is 2.32. The highest BCUT2D eigenvalue weighted by atomic mass is 19.1. The third-order valence-electron chi connectivity index (χ3n) is 5.79. The zero-order valence-corrected chi connectivity index (χ0v) is 16.3. The van der Waals surface area contributed by atoms with Crippen molar-refractivity contribution >= 4 is 23.4 Å². The van der Waals surface area contributed by atoms with Crippen LogP contribution in [0, 0.1) is 12.7 Å². The molecule has 1 saturated heterocycles. The lowest BCUT2D eigenvalue weighted by Gasteiger charge is -2.33. The Kier molecular flexibility index (Phi) is 5.18. The van der Waals surface area contributed by atoms with Gasteiger partial charge in [0.2, 0.25) is 5.91 Å². The summed E-state index contributed by atoms with van der Waals surface area (Å²) in [5.41, 5.74) is 1.89. The van der Waals surface area contributed by atoms with Gasteiger partial charge >= 0.3 is 0 Å². The number of benzene rings is 2. The maximum Gasteiger partial charge on any atom is 0.257 e. The number of hydrogen-bond donors (Lipinski definition) is 0. The minimum Gasteiger partial charge on any atom is -0.323 e. The monoisotopic (exact) mass is 394 g/mol. The van der Waals surface area contributed by atoms with Crippen molar-refractivity contribution in [1.29, 1.82) is 0 Å². The number of imide groups is 1. The number of halogens is 1. The van der Waals surface area contributed by atoms with E-state index in [0.717, 1.165) is 36.1 Å². The number of carbonyl (C=O) groups excluding carboxylic acids is 3. The van der Waals surface area contributed by atoms with Crippen LogP contribution in [-0.4, -0.2) is 34.7 Å². The van der Waals surface area contributed by atoms with Crippen LogP contribution in [0.25, 0.3) is 0 Å². The summed E-state index contributed by atoms with van der Waals surface area (Å²) in [6, 6.07) is 11.6. The van der Waals surface area contributed by atoms with Crippen LogP contribution in [0.3, 0.4) is 0 Å². The van der Waals surface area contributed by atoms with Gasteiger partial charge in [-0.3, -0.25) is 14.4 Å². The predicted molar refractivity (Wildman–Crippen MR) is 107 cm³/mol. The predicted octanol–water partition coefficient (Wildman–Crippen LogP) is 3.85. The van der Waals surface area contributed by atoms with E-state index in [4.69, 9.17) is 0 Å². The average Bonchev–Trinajstić information content (AvgIpc) is 3.33. The number of nitrogens with zero attached hydrogens (tertiary/aromatic N) is 2. The van der Waals surface area contributed by atoms with Gasteiger partial charge in [0.15, 0.2) is 0 Å². The second-order valence-corrected chi connectivity index (χ2v) is 7.78. The summed E-state index contributed by atoms with van der Waals surface area (Å²) in [7, 11) is 0. The van der Waals surface area contributed by atoms with E-state index >= 15 is 0 Å². The Morgan fingerprint density at radius 3 is 2.24 bits per heavy atom. The van der Waals surface area contributed by atoms with Crippen LogP contribution in [-0.2, 0) is 9.59 Å². The molecule has 1 heterocycles. The zero-order valence-electron chi connectivity index (χ0n) is 16.3. The average molecular weight is 394 g/mol. The second-order valence-electron chi connectivity index (χ2n) is 7.78. The smallest absolute Gasteiger partial charge is 0.257 e. The number of amides is 3. The molecule has 2 aromatic carbocycles. The van der Waals surface area contributed by atoms with Gasteiger partial charge in [0.1, 0.15) is 11.9 Å². The molecule has 2 aromatic rings. The van der Waals surface area contributed by atoms with Gasteiger partial charge in [-0.05, 0) is 56.2 Å². The molecule has 1 saturated carbocycles. The van der Waals surface area contributed by atoms with Gasteiger partial charge in [-0.2, -0.15) is 0 Å². The molecule has 0 bridgehead atoms. The van der Waals surface area contributed by atoms with E-state index in [1.807, 2.05) is 19.1 Å². The van der Waals surface area contributed by atoms with Crippen molar-refractivity contribution in [2.75, 3.05) is 4.90 Å². The van der Waals surface area contributed by atoms with Crippen LogP contribution in [0.4, 0.5) is 10.1 Å². The molecule has 2 aliphatic rings. The van der Waals surface area contributed by atoms with E-state index in [9.17, 15) is 18.8 Å². The highest BCUT2D eigenvalue weighted by Gasteiger charge is 2.47. The summed E-state index contributed by atoms with van der Waals surface area (Å²) >= 11 is 0. The molecule has 1 atom stereocenters. The zero-order chi connectivity index (χ0) is 20.5. The molecule has 5 nitrogen and oxygen atoms in total. The van der Waals surface area contributed by atoms with Gasteiger partial charge < -0.3 is 4.90 Å². The van der Waals surface area contributed by atoms with Crippen LogP contribution in [0.1, 0.15) is 48.0 Å². The molecule has 2 fully saturated rings. The second kappa shape index (κ2) is 7.78. The van der Waals surface area contributed by atoms with Crippen molar-refractivity contribution in [3.8, 4) is 0 Å². The Labute approximate surface area is 169 Å². The van der Waals surface area contributed by atoms with Crippen molar-refractivity contribution < 1.29 is 18.8 Å². The summed E-state index contributed by atoms with van der Waals surface area (Å²) in [5.74, 6) is -1.45. The summed E-state index contributed by atoms with van der Waals surface area (Å²) in [5, 5.41) is 0. The van der Waals surface area contributed by atoms with Crippen molar-refractivity contribution in [2.45, 2.75) is 51.1 Å². The maximum atomic E-state index is 13.4. The van der Waals surface area contributed by atoms with E-state index in [0.29, 0.717) is 11.3 Å². The number of hydrogen-bond acceptors (Lipinski definition) is 3. The SMILES string of the molecule is Cc1ccc(C(=O)N(C2CCCC2)C2CC(=O)N(c3ccc(F)cc3)C2=O)cc1. The van der Waals surface area contributed by atoms with Gasteiger partial charge in [-0.15, -0.1) is 0 Å². The Bertz CT molecular complexity index is 934. The summed E-state index contributed by atoms with van der Waals surface area (Å²) in [6.45, 7) is 1.95. The maximum absolute atomic E-state index is 13.4. The van der Waals surface area contributed by atoms with E-state index in [1.165, 1.54) is 24.3 Å². The number of carbonyl (C=O) groups is 3. The van der Waals surface area contributed by atoms with Crippen LogP contribution in [0.2, 0.25) is 0 Å². The Hall–Kier alpha value is -3.02.